The normalized spacial score (nSPS) is 16.2. The van der Waals surface area contributed by atoms with Gasteiger partial charge in [0.05, 0.1) is 11.1 Å². The Hall–Kier alpha value is -1.89. The summed E-state index contributed by atoms with van der Waals surface area (Å²) in [7, 11) is 0. The summed E-state index contributed by atoms with van der Waals surface area (Å²) in [5.41, 5.74) is 7.42. The van der Waals surface area contributed by atoms with E-state index >= 15 is 0 Å². The minimum Gasteiger partial charge on any atom is -0.381 e. The van der Waals surface area contributed by atoms with Crippen LogP contribution in [0.15, 0.2) is 42.7 Å². The van der Waals surface area contributed by atoms with Crippen LogP contribution in [0.25, 0.3) is 5.69 Å². The number of nitrogens with zero attached hydrogens (tertiary/aromatic N) is 2. The summed E-state index contributed by atoms with van der Waals surface area (Å²) >= 11 is 0. The van der Waals surface area contributed by atoms with Crippen molar-refractivity contribution in [2.75, 3.05) is 19.8 Å². The zero-order chi connectivity index (χ0) is 16.1. The van der Waals surface area contributed by atoms with Crippen molar-refractivity contribution in [1.29, 1.82) is 0 Å². The molecule has 24 heavy (non-hydrogen) atoms. The Morgan fingerprint density at radius 1 is 1.29 bits per heavy atom. The lowest BCUT2D eigenvalue weighted by atomic mass is 9.79. The largest absolute Gasteiger partial charge is 0.381 e. The second-order valence-electron chi connectivity index (χ2n) is 5.90. The molecule has 0 atom stereocenters. The molecule has 1 aromatic carbocycles. The molecule has 0 aliphatic carbocycles. The topological polar surface area (TPSA) is 82.2 Å². The number of nitrogens with two attached hydrogens (primary N) is 1. The molecule has 7 heteroatoms. The second kappa shape index (κ2) is 8.28. The maximum atomic E-state index is 12.5. The summed E-state index contributed by atoms with van der Waals surface area (Å²) in [6.45, 7) is 2.06. The maximum absolute atomic E-state index is 12.5. The van der Waals surface area contributed by atoms with Crippen LogP contribution in [0.3, 0.4) is 0 Å². The van der Waals surface area contributed by atoms with Gasteiger partial charge in [0, 0.05) is 38.7 Å². The highest BCUT2D eigenvalue weighted by Crippen LogP contribution is 2.29. The van der Waals surface area contributed by atoms with Crippen LogP contribution >= 0.6 is 12.4 Å². The average Bonchev–Trinajstić information content (AvgIpc) is 3.15. The van der Waals surface area contributed by atoms with Crippen molar-refractivity contribution >= 4 is 18.3 Å². The van der Waals surface area contributed by atoms with E-state index in [2.05, 4.69) is 10.4 Å². The van der Waals surface area contributed by atoms with Gasteiger partial charge in [-0.1, -0.05) is 12.1 Å². The monoisotopic (exact) mass is 350 g/mol. The van der Waals surface area contributed by atoms with Crippen LogP contribution in [0.1, 0.15) is 18.4 Å². The lowest BCUT2D eigenvalue weighted by molar-refractivity contribution is -0.136. The first-order chi connectivity index (χ1) is 11.2. The fourth-order valence-electron chi connectivity index (χ4n) is 2.84. The van der Waals surface area contributed by atoms with Crippen LogP contribution in [0.5, 0.6) is 0 Å². The number of nitrogens with one attached hydrogen (secondary N) is 1. The second-order valence-corrected chi connectivity index (χ2v) is 5.90. The van der Waals surface area contributed by atoms with Gasteiger partial charge in [0.1, 0.15) is 0 Å². The molecule has 130 valence electrons. The quantitative estimate of drug-likeness (QED) is 0.859. The van der Waals surface area contributed by atoms with Gasteiger partial charge >= 0.3 is 0 Å². The number of benzene rings is 1. The van der Waals surface area contributed by atoms with E-state index in [-0.39, 0.29) is 18.3 Å². The number of carbonyl (C=O) groups is 1. The molecular weight excluding hydrogens is 328 g/mol. The SMILES string of the molecule is Cl.NCC1(C(=O)NCc2ccc(-n3cccn3)cc2)CCOCC1. The molecule has 0 radical (unpaired) electrons. The summed E-state index contributed by atoms with van der Waals surface area (Å²) in [5.74, 6) is 0.0273. The highest BCUT2D eigenvalue weighted by Gasteiger charge is 2.38. The summed E-state index contributed by atoms with van der Waals surface area (Å²) in [4.78, 5) is 12.5. The number of amides is 1. The van der Waals surface area contributed by atoms with Gasteiger partial charge in [-0.25, -0.2) is 4.68 Å². The van der Waals surface area contributed by atoms with Gasteiger partial charge in [-0.2, -0.15) is 5.10 Å². The number of hydrogen-bond acceptors (Lipinski definition) is 4. The molecule has 3 rings (SSSR count). The number of carbonyl (C=O) groups excluding carboxylic acids is 1. The van der Waals surface area contributed by atoms with Gasteiger partial charge in [-0.05, 0) is 36.6 Å². The fraction of sp³-hybridized carbons (Fsp3) is 0.412. The summed E-state index contributed by atoms with van der Waals surface area (Å²) in [5, 5.41) is 7.21. The van der Waals surface area contributed by atoms with Crippen molar-refractivity contribution in [3.8, 4) is 5.69 Å². The molecule has 0 bridgehead atoms. The lowest BCUT2D eigenvalue weighted by Crippen LogP contribution is -2.48. The number of halogens is 1. The van der Waals surface area contributed by atoms with Crippen molar-refractivity contribution < 1.29 is 9.53 Å². The van der Waals surface area contributed by atoms with Crippen molar-refractivity contribution in [2.45, 2.75) is 19.4 Å². The Morgan fingerprint density at radius 2 is 2.00 bits per heavy atom. The predicted molar refractivity (Wildman–Crippen MR) is 94.2 cm³/mol. The first-order valence-electron chi connectivity index (χ1n) is 7.89. The van der Waals surface area contributed by atoms with E-state index in [1.54, 1.807) is 10.9 Å². The summed E-state index contributed by atoms with van der Waals surface area (Å²) in [6.07, 6.45) is 5.02. The number of hydrogen-bond donors (Lipinski definition) is 2. The highest BCUT2D eigenvalue weighted by atomic mass is 35.5. The van der Waals surface area contributed by atoms with E-state index in [0.717, 1.165) is 11.3 Å². The molecule has 0 spiro atoms. The van der Waals surface area contributed by atoms with Crippen molar-refractivity contribution in [2.24, 2.45) is 11.1 Å². The molecule has 3 N–H and O–H groups in total. The lowest BCUT2D eigenvalue weighted by Gasteiger charge is -2.34. The van der Waals surface area contributed by atoms with Crippen LogP contribution in [-0.4, -0.2) is 35.4 Å². The molecule has 2 aromatic rings. The zero-order valence-electron chi connectivity index (χ0n) is 13.5. The Morgan fingerprint density at radius 3 is 2.58 bits per heavy atom. The third-order valence-corrected chi connectivity index (χ3v) is 4.48. The molecule has 1 saturated heterocycles. The molecule has 0 unspecified atom stereocenters. The maximum Gasteiger partial charge on any atom is 0.227 e. The van der Waals surface area contributed by atoms with E-state index in [4.69, 9.17) is 10.5 Å². The molecule has 1 fully saturated rings. The minimum atomic E-state index is -0.479. The third-order valence-electron chi connectivity index (χ3n) is 4.48. The summed E-state index contributed by atoms with van der Waals surface area (Å²) < 4.78 is 7.14. The minimum absolute atomic E-state index is 0. The average molecular weight is 351 g/mol. The van der Waals surface area contributed by atoms with E-state index < -0.39 is 5.41 Å². The Bertz CT molecular complexity index is 637. The van der Waals surface area contributed by atoms with Gasteiger partial charge in [0.2, 0.25) is 5.91 Å². The van der Waals surface area contributed by atoms with Gasteiger partial charge in [-0.15, -0.1) is 12.4 Å². The van der Waals surface area contributed by atoms with Crippen molar-refractivity contribution in [3.05, 3.63) is 48.3 Å². The predicted octanol–water partition coefficient (Wildman–Crippen LogP) is 1.67. The molecule has 1 amide bonds. The van der Waals surface area contributed by atoms with Crippen LogP contribution in [0.2, 0.25) is 0 Å². The molecule has 1 aliphatic heterocycles. The van der Waals surface area contributed by atoms with Gasteiger partial charge < -0.3 is 15.8 Å². The highest BCUT2D eigenvalue weighted by molar-refractivity contribution is 5.85. The first kappa shape index (κ1) is 18.4. The van der Waals surface area contributed by atoms with Crippen LogP contribution < -0.4 is 11.1 Å². The van der Waals surface area contributed by atoms with Gasteiger partial charge in [0.15, 0.2) is 0 Å². The molecule has 1 aliphatic rings. The number of rotatable bonds is 5. The molecule has 1 aromatic heterocycles. The van der Waals surface area contributed by atoms with E-state index in [9.17, 15) is 4.79 Å². The number of ether oxygens (including phenoxy) is 1. The van der Waals surface area contributed by atoms with Gasteiger partial charge in [-0.3, -0.25) is 4.79 Å². The van der Waals surface area contributed by atoms with E-state index in [1.165, 1.54) is 0 Å². The summed E-state index contributed by atoms with van der Waals surface area (Å²) in [6, 6.07) is 9.85. The first-order valence-corrected chi connectivity index (χ1v) is 7.89. The third kappa shape index (κ3) is 3.95. The Kier molecular flexibility index (Phi) is 6.36. The van der Waals surface area contributed by atoms with Crippen LogP contribution in [-0.2, 0) is 16.1 Å². The number of aromatic nitrogens is 2. The molecule has 2 heterocycles. The van der Waals surface area contributed by atoms with Gasteiger partial charge in [0.25, 0.3) is 0 Å². The van der Waals surface area contributed by atoms with Crippen molar-refractivity contribution in [1.82, 2.24) is 15.1 Å². The Balaban J connectivity index is 0.00000208. The van der Waals surface area contributed by atoms with Crippen LogP contribution in [0, 0.1) is 5.41 Å². The van der Waals surface area contributed by atoms with Crippen LogP contribution in [0.4, 0.5) is 0 Å². The van der Waals surface area contributed by atoms with Crippen molar-refractivity contribution in [3.63, 3.8) is 0 Å². The molecule has 6 nitrogen and oxygen atoms in total. The zero-order valence-corrected chi connectivity index (χ0v) is 14.3. The molecule has 0 saturated carbocycles. The molecular formula is C17H23ClN4O2. The Labute approximate surface area is 147 Å². The smallest absolute Gasteiger partial charge is 0.227 e. The van der Waals surface area contributed by atoms with E-state index in [1.807, 2.05) is 36.5 Å². The fourth-order valence-corrected chi connectivity index (χ4v) is 2.84. The van der Waals surface area contributed by atoms with E-state index in [0.29, 0.717) is 39.1 Å². The standard InChI is InChI=1S/C17H22N4O2.ClH/c18-13-17(6-10-23-11-7-17)16(22)19-12-14-2-4-15(5-3-14)21-9-1-8-20-21;/h1-5,8-9H,6-7,10-13,18H2,(H,19,22);1H.